The summed E-state index contributed by atoms with van der Waals surface area (Å²) in [5.41, 5.74) is 0. The number of carbonyl (C=O) groups excluding carboxylic acids is 1. The number of amides is 1. The molecule has 1 rings (SSSR count). The molecule has 4 nitrogen and oxygen atoms in total. The van der Waals surface area contributed by atoms with Gasteiger partial charge in [-0.2, -0.15) is 0 Å². The number of rotatable bonds is 3. The summed E-state index contributed by atoms with van der Waals surface area (Å²) in [5, 5.41) is 3.41. The van der Waals surface area contributed by atoms with E-state index in [1.807, 2.05) is 13.8 Å². The molecule has 1 aromatic heterocycles. The molecule has 1 N–H and O–H groups in total. The van der Waals surface area contributed by atoms with Gasteiger partial charge in [0.05, 0.1) is 9.88 Å². The van der Waals surface area contributed by atoms with Crippen LogP contribution in [0, 0.1) is 6.92 Å². The quantitative estimate of drug-likeness (QED) is 0.839. The van der Waals surface area contributed by atoms with E-state index in [0.717, 1.165) is 16.3 Å². The molecule has 0 aliphatic heterocycles. The Morgan fingerprint density at radius 1 is 1.79 bits per heavy atom. The van der Waals surface area contributed by atoms with Crippen molar-refractivity contribution in [1.29, 1.82) is 0 Å². The monoisotopic (exact) mass is 214 g/mol. The Bertz CT molecular complexity index is 312. The van der Waals surface area contributed by atoms with Gasteiger partial charge in [0.25, 0.3) is 0 Å². The molecule has 0 bridgehead atoms. The standard InChI is InChI=1S/C9H14N2O2S/c1-4-7(13-9(12)10-3)8-5-11-6(2)14-8/h5,7H,4H2,1-3H3,(H,10,12). The van der Waals surface area contributed by atoms with Crippen molar-refractivity contribution in [3.05, 3.63) is 16.1 Å². The molecule has 5 heteroatoms. The summed E-state index contributed by atoms with van der Waals surface area (Å²) in [6.45, 7) is 3.91. The van der Waals surface area contributed by atoms with Gasteiger partial charge in [-0.1, -0.05) is 6.92 Å². The van der Waals surface area contributed by atoms with Crippen molar-refractivity contribution < 1.29 is 9.53 Å². The van der Waals surface area contributed by atoms with Crippen molar-refractivity contribution in [2.45, 2.75) is 26.4 Å². The second kappa shape index (κ2) is 4.95. The minimum Gasteiger partial charge on any atom is -0.440 e. The predicted octanol–water partition coefficient (Wildman–Crippen LogP) is 2.26. The van der Waals surface area contributed by atoms with Crippen LogP contribution >= 0.6 is 11.3 Å². The lowest BCUT2D eigenvalue weighted by molar-refractivity contribution is 0.0988. The summed E-state index contributed by atoms with van der Waals surface area (Å²) in [6, 6.07) is 0. The Kier molecular flexibility index (Phi) is 3.88. The average molecular weight is 214 g/mol. The van der Waals surface area contributed by atoms with Crippen LogP contribution in [0.4, 0.5) is 4.79 Å². The Hall–Kier alpha value is -1.10. The Balaban J connectivity index is 2.67. The third-order valence-electron chi connectivity index (χ3n) is 1.78. The third-order valence-corrected chi connectivity index (χ3v) is 2.79. The van der Waals surface area contributed by atoms with E-state index in [2.05, 4.69) is 10.3 Å². The van der Waals surface area contributed by atoms with E-state index in [-0.39, 0.29) is 6.10 Å². The first-order valence-corrected chi connectivity index (χ1v) is 5.29. The highest BCUT2D eigenvalue weighted by molar-refractivity contribution is 7.11. The number of hydrogen-bond acceptors (Lipinski definition) is 4. The van der Waals surface area contributed by atoms with Crippen LogP contribution in [0.1, 0.15) is 29.3 Å². The van der Waals surface area contributed by atoms with Gasteiger partial charge in [0, 0.05) is 13.2 Å². The molecule has 0 aromatic carbocycles. The topological polar surface area (TPSA) is 51.2 Å². The lowest BCUT2D eigenvalue weighted by Gasteiger charge is -2.13. The molecule has 1 heterocycles. The predicted molar refractivity (Wildman–Crippen MR) is 55.4 cm³/mol. The van der Waals surface area contributed by atoms with Gasteiger partial charge in [-0.05, 0) is 13.3 Å². The van der Waals surface area contributed by atoms with Crippen molar-refractivity contribution >= 4 is 17.4 Å². The third kappa shape index (κ3) is 2.70. The molecule has 0 saturated carbocycles. The molecule has 1 aromatic rings. The van der Waals surface area contributed by atoms with Gasteiger partial charge in [-0.25, -0.2) is 9.78 Å². The van der Waals surface area contributed by atoms with Gasteiger partial charge >= 0.3 is 6.09 Å². The van der Waals surface area contributed by atoms with E-state index in [4.69, 9.17) is 4.74 Å². The van der Waals surface area contributed by atoms with Crippen LogP contribution in [0.25, 0.3) is 0 Å². The summed E-state index contributed by atoms with van der Waals surface area (Å²) in [7, 11) is 1.55. The second-order valence-corrected chi connectivity index (χ2v) is 4.10. The minimum absolute atomic E-state index is 0.179. The second-order valence-electron chi connectivity index (χ2n) is 2.83. The van der Waals surface area contributed by atoms with Crippen molar-refractivity contribution in [3.63, 3.8) is 0 Å². The molecule has 1 amide bonds. The number of aromatic nitrogens is 1. The van der Waals surface area contributed by atoms with Crippen molar-refractivity contribution in [2.75, 3.05) is 7.05 Å². The van der Waals surface area contributed by atoms with Crippen molar-refractivity contribution in [2.24, 2.45) is 0 Å². The molecular weight excluding hydrogens is 200 g/mol. The molecule has 0 aliphatic rings. The number of hydrogen-bond donors (Lipinski definition) is 1. The SMILES string of the molecule is CCC(OC(=O)NC)c1cnc(C)s1. The summed E-state index contributed by atoms with van der Waals surface area (Å²) in [4.78, 5) is 16.1. The van der Waals surface area contributed by atoms with E-state index in [9.17, 15) is 4.79 Å². The average Bonchev–Trinajstić information content (AvgIpc) is 2.60. The van der Waals surface area contributed by atoms with Crippen LogP contribution in [-0.4, -0.2) is 18.1 Å². The van der Waals surface area contributed by atoms with E-state index in [1.54, 1.807) is 24.6 Å². The molecule has 78 valence electrons. The van der Waals surface area contributed by atoms with Crippen LogP contribution in [0.3, 0.4) is 0 Å². The molecule has 0 saturated heterocycles. The van der Waals surface area contributed by atoms with Crippen LogP contribution in [0.15, 0.2) is 6.20 Å². The van der Waals surface area contributed by atoms with Crippen LogP contribution in [-0.2, 0) is 4.74 Å². The first-order valence-electron chi connectivity index (χ1n) is 4.48. The number of nitrogens with one attached hydrogen (secondary N) is 1. The fourth-order valence-electron chi connectivity index (χ4n) is 1.06. The molecular formula is C9H14N2O2S. The molecule has 1 atom stereocenters. The normalized spacial score (nSPS) is 12.2. The van der Waals surface area contributed by atoms with Crippen LogP contribution in [0.2, 0.25) is 0 Å². The van der Waals surface area contributed by atoms with Gasteiger partial charge in [0.2, 0.25) is 0 Å². The Labute approximate surface area is 87.3 Å². The minimum atomic E-state index is -0.400. The molecule has 0 aliphatic carbocycles. The van der Waals surface area contributed by atoms with Crippen LogP contribution in [0.5, 0.6) is 0 Å². The van der Waals surface area contributed by atoms with Gasteiger partial charge in [-0.15, -0.1) is 11.3 Å². The molecule has 0 radical (unpaired) electrons. The van der Waals surface area contributed by atoms with E-state index in [1.165, 1.54) is 0 Å². The lowest BCUT2D eigenvalue weighted by atomic mass is 10.2. The largest absolute Gasteiger partial charge is 0.440 e. The van der Waals surface area contributed by atoms with Gasteiger partial charge in [0.15, 0.2) is 0 Å². The first kappa shape index (κ1) is 11.0. The van der Waals surface area contributed by atoms with Gasteiger partial charge < -0.3 is 10.1 Å². The number of thiazole rings is 1. The zero-order chi connectivity index (χ0) is 10.6. The maximum Gasteiger partial charge on any atom is 0.407 e. The molecule has 1 unspecified atom stereocenters. The van der Waals surface area contributed by atoms with Crippen molar-refractivity contribution in [3.8, 4) is 0 Å². The number of alkyl carbamates (subject to hydrolysis) is 1. The van der Waals surface area contributed by atoms with E-state index < -0.39 is 6.09 Å². The summed E-state index contributed by atoms with van der Waals surface area (Å²) >= 11 is 1.56. The highest BCUT2D eigenvalue weighted by Crippen LogP contribution is 2.26. The van der Waals surface area contributed by atoms with E-state index >= 15 is 0 Å². The van der Waals surface area contributed by atoms with Gasteiger partial charge in [-0.3, -0.25) is 0 Å². The Morgan fingerprint density at radius 3 is 2.93 bits per heavy atom. The maximum atomic E-state index is 11.0. The first-order chi connectivity index (χ1) is 6.67. The van der Waals surface area contributed by atoms with Crippen molar-refractivity contribution in [1.82, 2.24) is 10.3 Å². The number of nitrogens with zero attached hydrogens (tertiary/aromatic N) is 1. The highest BCUT2D eigenvalue weighted by Gasteiger charge is 2.15. The van der Waals surface area contributed by atoms with E-state index in [0.29, 0.717) is 0 Å². The maximum absolute atomic E-state index is 11.0. The Morgan fingerprint density at radius 2 is 2.50 bits per heavy atom. The molecule has 14 heavy (non-hydrogen) atoms. The number of ether oxygens (including phenoxy) is 1. The highest BCUT2D eigenvalue weighted by atomic mass is 32.1. The summed E-state index contributed by atoms with van der Waals surface area (Å²) in [5.74, 6) is 0. The zero-order valence-electron chi connectivity index (χ0n) is 8.53. The number of carbonyl (C=O) groups is 1. The molecule has 0 fully saturated rings. The smallest absolute Gasteiger partial charge is 0.407 e. The lowest BCUT2D eigenvalue weighted by Crippen LogP contribution is -2.21. The summed E-state index contributed by atoms with van der Waals surface area (Å²) in [6.07, 6.45) is 1.94. The number of aryl methyl sites for hydroxylation is 1. The molecule has 0 spiro atoms. The summed E-state index contributed by atoms with van der Waals surface area (Å²) < 4.78 is 5.17. The zero-order valence-corrected chi connectivity index (χ0v) is 9.35. The fraction of sp³-hybridized carbons (Fsp3) is 0.556. The fourth-order valence-corrected chi connectivity index (χ4v) is 1.96. The van der Waals surface area contributed by atoms with Gasteiger partial charge in [0.1, 0.15) is 6.10 Å². The van der Waals surface area contributed by atoms with Crippen LogP contribution < -0.4 is 5.32 Å².